The second-order valence-corrected chi connectivity index (χ2v) is 18.4. The topological polar surface area (TPSA) is 180 Å². The van der Waals surface area contributed by atoms with Crippen LogP contribution in [0.3, 0.4) is 0 Å². The number of ketones is 1. The number of piperidine rings is 2. The number of fused-ring (bicyclic) bond motifs is 2. The Labute approximate surface area is 348 Å². The van der Waals surface area contributed by atoms with E-state index in [0.717, 1.165) is 36.8 Å². The second-order valence-electron chi connectivity index (χ2n) is 15.8. The van der Waals surface area contributed by atoms with Crippen LogP contribution in [0.2, 0.25) is 0 Å². The zero-order valence-corrected chi connectivity index (χ0v) is 34.8. The van der Waals surface area contributed by atoms with Gasteiger partial charge in [0.2, 0.25) is 17.7 Å². The predicted molar refractivity (Wildman–Crippen MR) is 220 cm³/mol. The van der Waals surface area contributed by atoms with Crippen LogP contribution in [0.1, 0.15) is 81.8 Å². The lowest BCUT2D eigenvalue weighted by molar-refractivity contribution is -0.157. The molecule has 0 spiro atoms. The van der Waals surface area contributed by atoms with Crippen molar-refractivity contribution in [2.24, 2.45) is 17.8 Å². The molecule has 2 aromatic rings. The van der Waals surface area contributed by atoms with Gasteiger partial charge >= 0.3 is 11.9 Å². The number of aromatic hydroxyl groups is 2. The molecule has 4 heterocycles. The van der Waals surface area contributed by atoms with Crippen molar-refractivity contribution in [2.45, 2.75) is 112 Å². The molecule has 58 heavy (non-hydrogen) atoms. The maximum Gasteiger partial charge on any atom is 0.328 e. The molecular weight excluding hydrogens is 783 g/mol. The number of carbonyl (C=O) groups excluding carboxylic acids is 6. The van der Waals surface area contributed by atoms with Crippen molar-refractivity contribution < 1.29 is 48.5 Å². The summed E-state index contributed by atoms with van der Waals surface area (Å²) in [6.07, 6.45) is 6.18. The minimum Gasteiger partial charge on any atom is -0.508 e. The molecular formula is C43H55N3O10S2. The van der Waals surface area contributed by atoms with Gasteiger partial charge in [0.25, 0.3) is 0 Å². The number of methoxy groups -OCH3 is 2. The molecule has 6 rings (SSSR count). The highest BCUT2D eigenvalue weighted by molar-refractivity contribution is 8.00. The fourth-order valence-electron chi connectivity index (χ4n) is 8.85. The average Bonchev–Trinajstić information content (AvgIpc) is 3.49. The van der Waals surface area contributed by atoms with E-state index in [0.29, 0.717) is 50.0 Å². The molecule has 13 nitrogen and oxygen atoms in total. The molecule has 0 radical (unpaired) electrons. The third-order valence-corrected chi connectivity index (χ3v) is 14.7. The normalized spacial score (nSPS) is 25.9. The lowest BCUT2D eigenvalue weighted by Gasteiger charge is -2.40. The molecule has 3 amide bonds. The first-order valence-electron chi connectivity index (χ1n) is 20.4. The molecule has 0 saturated carbocycles. The fraction of sp³-hybridized carbons (Fsp3) is 0.581. The zero-order valence-electron chi connectivity index (χ0n) is 33.2. The molecule has 4 fully saturated rings. The fourth-order valence-corrected chi connectivity index (χ4v) is 11.7. The lowest BCUT2D eigenvalue weighted by atomic mass is 9.82. The Morgan fingerprint density at radius 2 is 1.17 bits per heavy atom. The predicted octanol–water partition coefficient (Wildman–Crippen LogP) is 4.99. The number of Topliss-reactive ketones (excluding diaryl/α,β-unsaturated/α-hetero) is 1. The molecule has 4 aliphatic rings. The minimum absolute atomic E-state index is 0.0132. The Morgan fingerprint density at radius 3 is 1.71 bits per heavy atom. The number of hydrogen-bond donors (Lipinski definition) is 3. The van der Waals surface area contributed by atoms with Crippen LogP contribution in [-0.4, -0.2) is 110 Å². The van der Waals surface area contributed by atoms with E-state index in [9.17, 15) is 39.0 Å². The molecule has 8 atom stereocenters. The average molecular weight is 838 g/mol. The van der Waals surface area contributed by atoms with Crippen LogP contribution in [0.4, 0.5) is 0 Å². The molecule has 4 aliphatic heterocycles. The summed E-state index contributed by atoms with van der Waals surface area (Å²) in [5.41, 5.74) is 1.61. The maximum atomic E-state index is 14.5. The van der Waals surface area contributed by atoms with Gasteiger partial charge in [-0.1, -0.05) is 24.3 Å². The summed E-state index contributed by atoms with van der Waals surface area (Å²) in [5, 5.41) is 22.6. The number of phenolic OH excluding ortho intramolecular Hbond substituents is 2. The first kappa shape index (κ1) is 43.3. The number of esters is 2. The van der Waals surface area contributed by atoms with E-state index in [1.807, 2.05) is 0 Å². The van der Waals surface area contributed by atoms with Gasteiger partial charge in [0.1, 0.15) is 35.4 Å². The van der Waals surface area contributed by atoms with Crippen molar-refractivity contribution in [1.82, 2.24) is 15.1 Å². The highest BCUT2D eigenvalue weighted by Gasteiger charge is 2.45. The summed E-state index contributed by atoms with van der Waals surface area (Å²) in [5.74, 6) is -2.28. The van der Waals surface area contributed by atoms with Gasteiger partial charge in [-0.05, 0) is 124 Å². The highest BCUT2D eigenvalue weighted by atomic mass is 32.2. The Kier molecular flexibility index (Phi) is 15.1. The third kappa shape index (κ3) is 10.5. The lowest BCUT2D eigenvalue weighted by Crippen LogP contribution is -2.57. The highest BCUT2D eigenvalue weighted by Crippen LogP contribution is 2.38. The maximum absolute atomic E-state index is 14.5. The molecule has 0 bridgehead atoms. The van der Waals surface area contributed by atoms with E-state index >= 15 is 0 Å². The van der Waals surface area contributed by atoms with Crippen molar-refractivity contribution in [3.8, 4) is 11.5 Å². The molecule has 0 unspecified atom stereocenters. The number of rotatable bonds is 14. The van der Waals surface area contributed by atoms with E-state index in [1.54, 1.807) is 81.9 Å². The van der Waals surface area contributed by atoms with Crippen LogP contribution >= 0.6 is 23.5 Å². The van der Waals surface area contributed by atoms with Gasteiger partial charge in [-0.25, -0.2) is 9.59 Å². The molecule has 2 aromatic carbocycles. The van der Waals surface area contributed by atoms with Crippen LogP contribution in [0.25, 0.3) is 0 Å². The zero-order chi connectivity index (χ0) is 41.3. The Bertz CT molecular complexity index is 1660. The summed E-state index contributed by atoms with van der Waals surface area (Å²) in [6.45, 7) is 0. The van der Waals surface area contributed by atoms with E-state index in [4.69, 9.17) is 9.47 Å². The number of amides is 3. The van der Waals surface area contributed by atoms with Gasteiger partial charge < -0.3 is 34.8 Å². The summed E-state index contributed by atoms with van der Waals surface area (Å²) < 4.78 is 10.1. The molecule has 314 valence electrons. The van der Waals surface area contributed by atoms with Crippen LogP contribution in [0, 0.1) is 17.8 Å². The van der Waals surface area contributed by atoms with Crippen molar-refractivity contribution >= 4 is 59.0 Å². The molecule has 0 aromatic heterocycles. The number of nitrogens with one attached hydrogen (secondary N) is 1. The molecule has 0 aliphatic carbocycles. The number of carbonyl (C=O) groups is 6. The van der Waals surface area contributed by atoms with Gasteiger partial charge in [-0.15, -0.1) is 23.5 Å². The van der Waals surface area contributed by atoms with E-state index in [-0.39, 0.29) is 65.0 Å². The van der Waals surface area contributed by atoms with Gasteiger partial charge in [0.15, 0.2) is 0 Å². The monoisotopic (exact) mass is 837 g/mol. The summed E-state index contributed by atoms with van der Waals surface area (Å²) in [7, 11) is 2.63. The molecule has 3 N–H and O–H groups in total. The van der Waals surface area contributed by atoms with Gasteiger partial charge in [-0.2, -0.15) is 0 Å². The summed E-state index contributed by atoms with van der Waals surface area (Å²) in [6, 6.07) is 11.0. The first-order valence-corrected chi connectivity index (χ1v) is 22.5. The third-order valence-electron chi connectivity index (χ3n) is 12.0. The van der Waals surface area contributed by atoms with Crippen molar-refractivity contribution in [2.75, 3.05) is 25.7 Å². The number of benzene rings is 2. The Hall–Kier alpha value is -4.24. The number of nitrogens with zero attached hydrogens (tertiary/aromatic N) is 2. The van der Waals surface area contributed by atoms with E-state index in [2.05, 4.69) is 5.32 Å². The smallest absolute Gasteiger partial charge is 0.328 e. The first-order chi connectivity index (χ1) is 28.0. The number of thioether (sulfide) groups is 2. The quantitative estimate of drug-likeness (QED) is 0.218. The molecule has 4 saturated heterocycles. The van der Waals surface area contributed by atoms with Crippen LogP contribution < -0.4 is 5.32 Å². The number of phenols is 2. The van der Waals surface area contributed by atoms with Crippen LogP contribution in [0.5, 0.6) is 11.5 Å². The van der Waals surface area contributed by atoms with Crippen LogP contribution in [0.15, 0.2) is 48.5 Å². The summed E-state index contributed by atoms with van der Waals surface area (Å²) in [4.78, 5) is 85.9. The SMILES string of the molecule is COC(=O)[C@@H]1CCC[C@@H]2SCC[C@H](CC(=O)[C@H](CC[C@H](Cc3ccc(O)cc3)C(=O)N[C@H]3CCS[C@H]4CCC[C@@H](C(=O)OC)N4C3=O)Cc3ccc(O)cc3)C(=O)N21. The van der Waals surface area contributed by atoms with Gasteiger partial charge in [0, 0.05) is 24.2 Å². The van der Waals surface area contributed by atoms with Crippen molar-refractivity contribution in [3.05, 3.63) is 59.7 Å². The Morgan fingerprint density at radius 1 is 0.690 bits per heavy atom. The molecule has 15 heteroatoms. The minimum atomic E-state index is -0.849. The van der Waals surface area contributed by atoms with Gasteiger partial charge in [0.05, 0.1) is 25.0 Å². The van der Waals surface area contributed by atoms with Crippen molar-refractivity contribution in [3.63, 3.8) is 0 Å². The standard InChI is InChI=1S/C43H55N3O10S2/c1-55-42(53)34-5-3-7-37-45(34)40(51)30(19-21-57-37)25-36(49)28(23-26-9-15-31(47)16-10-26)13-14-29(24-27-11-17-32(48)18-12-27)39(50)44-33-20-22-58-38-8-4-6-35(43(54)56-2)46(38)41(33)52/h9-12,15-18,28-30,33-35,37-38,47-48H,3-8,13-14,19-25H2,1-2H3,(H,44,50)/t28-,29-,30-,33+,34+,35+,37+,38+/m1/s1. The van der Waals surface area contributed by atoms with E-state index < -0.39 is 47.8 Å². The number of hydrogen-bond acceptors (Lipinski definition) is 12. The largest absolute Gasteiger partial charge is 0.508 e. The van der Waals surface area contributed by atoms with Gasteiger partial charge in [-0.3, -0.25) is 19.2 Å². The number of ether oxygens (including phenoxy) is 2. The van der Waals surface area contributed by atoms with Crippen LogP contribution in [-0.2, 0) is 51.1 Å². The second kappa shape index (κ2) is 20.1. The van der Waals surface area contributed by atoms with E-state index in [1.165, 1.54) is 14.2 Å². The van der Waals surface area contributed by atoms with Crippen molar-refractivity contribution in [1.29, 1.82) is 0 Å². The Balaban J connectivity index is 1.22. The summed E-state index contributed by atoms with van der Waals surface area (Å²) >= 11 is 3.25.